The molecule has 0 aliphatic heterocycles. The monoisotopic (exact) mass is 330 g/mol. The van der Waals surface area contributed by atoms with Gasteiger partial charge in [0.2, 0.25) is 0 Å². The number of hydrogen-bond acceptors (Lipinski definition) is 3. The minimum absolute atomic E-state index is 0.0595. The van der Waals surface area contributed by atoms with Gasteiger partial charge in [0, 0.05) is 4.88 Å². The zero-order chi connectivity index (χ0) is 16.2. The predicted octanol–water partition coefficient (Wildman–Crippen LogP) is 4.53. The highest BCUT2D eigenvalue weighted by molar-refractivity contribution is 7.10. The van der Waals surface area contributed by atoms with Crippen LogP contribution < -0.4 is 15.4 Å². The third-order valence-electron chi connectivity index (χ3n) is 2.68. The van der Waals surface area contributed by atoms with Crippen molar-refractivity contribution in [3.63, 3.8) is 0 Å². The van der Waals surface area contributed by atoms with Crippen molar-refractivity contribution in [2.45, 2.75) is 19.3 Å². The first kappa shape index (κ1) is 16.2. The van der Waals surface area contributed by atoms with Crippen LogP contribution in [0.25, 0.3) is 0 Å². The topological polar surface area (TPSA) is 50.4 Å². The molecule has 2 rings (SSSR count). The predicted molar refractivity (Wildman–Crippen MR) is 78.0 cm³/mol. The van der Waals surface area contributed by atoms with Gasteiger partial charge < -0.3 is 15.4 Å². The van der Waals surface area contributed by atoms with Gasteiger partial charge in [-0.3, -0.25) is 0 Å². The van der Waals surface area contributed by atoms with Crippen molar-refractivity contribution in [1.29, 1.82) is 0 Å². The fourth-order valence-electron chi connectivity index (χ4n) is 1.75. The first-order valence-electron chi connectivity index (χ1n) is 6.31. The van der Waals surface area contributed by atoms with Crippen LogP contribution in [0.3, 0.4) is 0 Å². The number of para-hydroxylation sites is 2. The number of benzene rings is 1. The molecule has 1 atom stereocenters. The Morgan fingerprint density at radius 3 is 2.59 bits per heavy atom. The van der Waals surface area contributed by atoms with Gasteiger partial charge in [0.1, 0.15) is 0 Å². The molecule has 0 aliphatic rings. The summed E-state index contributed by atoms with van der Waals surface area (Å²) in [6, 6.07) is 8.19. The van der Waals surface area contributed by atoms with Gasteiger partial charge in [0.15, 0.2) is 5.75 Å². The maximum absolute atomic E-state index is 12.3. The van der Waals surface area contributed by atoms with Gasteiger partial charge in [-0.15, -0.1) is 24.5 Å². The van der Waals surface area contributed by atoms with Gasteiger partial charge in [0.25, 0.3) is 0 Å². The molecule has 0 aliphatic carbocycles. The molecule has 4 nitrogen and oxygen atoms in total. The van der Waals surface area contributed by atoms with Gasteiger partial charge in [-0.2, -0.15) is 0 Å². The van der Waals surface area contributed by atoms with E-state index in [0.29, 0.717) is 0 Å². The molecule has 0 saturated heterocycles. The Morgan fingerprint density at radius 2 is 1.95 bits per heavy atom. The van der Waals surface area contributed by atoms with Crippen LogP contribution in [-0.2, 0) is 0 Å². The minimum atomic E-state index is -4.82. The van der Waals surface area contributed by atoms with E-state index in [0.717, 1.165) is 10.9 Å². The Kier molecular flexibility index (Phi) is 4.92. The molecule has 118 valence electrons. The second kappa shape index (κ2) is 6.69. The second-order valence-electron chi connectivity index (χ2n) is 4.38. The molecule has 2 amide bonds. The van der Waals surface area contributed by atoms with E-state index in [9.17, 15) is 18.0 Å². The number of amides is 2. The number of ether oxygens (including phenoxy) is 1. The first-order valence-corrected chi connectivity index (χ1v) is 7.19. The summed E-state index contributed by atoms with van der Waals surface area (Å²) in [6.07, 6.45) is -4.82. The molecule has 0 fully saturated rings. The Bertz CT molecular complexity index is 629. The SMILES string of the molecule is C[C@H](NC(=O)Nc1ccccc1OC(F)(F)F)c1cccs1. The summed E-state index contributed by atoms with van der Waals surface area (Å²) in [7, 11) is 0. The molecule has 0 radical (unpaired) electrons. The largest absolute Gasteiger partial charge is 0.573 e. The van der Waals surface area contributed by atoms with E-state index in [1.54, 1.807) is 6.92 Å². The maximum Gasteiger partial charge on any atom is 0.573 e. The fraction of sp³-hybridized carbons (Fsp3) is 0.214. The molecule has 1 aromatic heterocycles. The summed E-state index contributed by atoms with van der Waals surface area (Å²) in [5, 5.41) is 6.87. The highest BCUT2D eigenvalue weighted by atomic mass is 32.1. The minimum Gasteiger partial charge on any atom is -0.404 e. The van der Waals surface area contributed by atoms with E-state index in [-0.39, 0.29) is 11.7 Å². The van der Waals surface area contributed by atoms with Crippen molar-refractivity contribution < 1.29 is 22.7 Å². The van der Waals surface area contributed by atoms with Crippen LogP contribution in [0.1, 0.15) is 17.8 Å². The van der Waals surface area contributed by atoms with E-state index in [1.165, 1.54) is 29.5 Å². The Labute approximate surface area is 128 Å². The lowest BCUT2D eigenvalue weighted by Gasteiger charge is -2.16. The summed E-state index contributed by atoms with van der Waals surface area (Å²) >= 11 is 1.47. The van der Waals surface area contributed by atoms with Crippen molar-refractivity contribution >= 4 is 23.1 Å². The highest BCUT2D eigenvalue weighted by Crippen LogP contribution is 2.30. The van der Waals surface area contributed by atoms with Crippen LogP contribution in [0, 0.1) is 0 Å². The van der Waals surface area contributed by atoms with Gasteiger partial charge in [-0.25, -0.2) is 4.79 Å². The normalized spacial score (nSPS) is 12.5. The fourth-order valence-corrected chi connectivity index (χ4v) is 2.48. The third-order valence-corrected chi connectivity index (χ3v) is 3.73. The van der Waals surface area contributed by atoms with Crippen molar-refractivity contribution in [1.82, 2.24) is 5.32 Å². The Balaban J connectivity index is 2.02. The van der Waals surface area contributed by atoms with Crippen LogP contribution in [-0.4, -0.2) is 12.4 Å². The maximum atomic E-state index is 12.3. The van der Waals surface area contributed by atoms with Crippen LogP contribution in [0.4, 0.5) is 23.7 Å². The molecule has 0 saturated carbocycles. The summed E-state index contributed by atoms with van der Waals surface area (Å²) in [6.45, 7) is 1.78. The lowest BCUT2D eigenvalue weighted by atomic mass is 10.3. The molecule has 22 heavy (non-hydrogen) atoms. The number of halogens is 3. The van der Waals surface area contributed by atoms with Crippen LogP contribution in [0.5, 0.6) is 5.75 Å². The van der Waals surface area contributed by atoms with Crippen LogP contribution in [0.2, 0.25) is 0 Å². The lowest BCUT2D eigenvalue weighted by Crippen LogP contribution is -2.31. The van der Waals surface area contributed by atoms with Crippen molar-refractivity contribution in [2.75, 3.05) is 5.32 Å². The molecule has 8 heteroatoms. The molecule has 0 unspecified atom stereocenters. The van der Waals surface area contributed by atoms with E-state index >= 15 is 0 Å². The zero-order valence-corrected chi connectivity index (χ0v) is 12.3. The van der Waals surface area contributed by atoms with Crippen LogP contribution in [0.15, 0.2) is 41.8 Å². The van der Waals surface area contributed by atoms with Crippen LogP contribution >= 0.6 is 11.3 Å². The second-order valence-corrected chi connectivity index (χ2v) is 5.36. The van der Waals surface area contributed by atoms with E-state index < -0.39 is 18.1 Å². The standard InChI is InChI=1S/C14H13F3N2O2S/c1-9(12-7-4-8-22-12)18-13(20)19-10-5-2-3-6-11(10)21-14(15,16)17/h2-9H,1H3,(H2,18,19,20)/t9-/m0/s1. The highest BCUT2D eigenvalue weighted by Gasteiger charge is 2.32. The smallest absolute Gasteiger partial charge is 0.404 e. The number of urea groups is 1. The van der Waals surface area contributed by atoms with Gasteiger partial charge in [-0.1, -0.05) is 18.2 Å². The first-order chi connectivity index (χ1) is 10.3. The molecule has 1 aromatic carbocycles. The van der Waals surface area contributed by atoms with Gasteiger partial charge in [-0.05, 0) is 30.5 Å². The molecular weight excluding hydrogens is 317 g/mol. The Hall–Kier alpha value is -2.22. The number of hydrogen-bond donors (Lipinski definition) is 2. The third kappa shape index (κ3) is 4.66. The van der Waals surface area contributed by atoms with E-state index in [2.05, 4.69) is 15.4 Å². The summed E-state index contributed by atoms with van der Waals surface area (Å²) in [4.78, 5) is 12.8. The average molecular weight is 330 g/mol. The number of nitrogens with one attached hydrogen (secondary N) is 2. The number of anilines is 1. The van der Waals surface area contributed by atoms with E-state index in [4.69, 9.17) is 0 Å². The number of carbonyl (C=O) groups excluding carboxylic acids is 1. The van der Waals surface area contributed by atoms with Crippen molar-refractivity contribution in [3.8, 4) is 5.75 Å². The zero-order valence-electron chi connectivity index (χ0n) is 11.5. The summed E-state index contributed by atoms with van der Waals surface area (Å²) in [5.41, 5.74) is -0.0595. The molecule has 0 bridgehead atoms. The molecular formula is C14H13F3N2O2S. The van der Waals surface area contributed by atoms with Gasteiger partial charge >= 0.3 is 12.4 Å². The number of alkyl halides is 3. The van der Waals surface area contributed by atoms with E-state index in [1.807, 2.05) is 17.5 Å². The number of thiophene rings is 1. The molecule has 2 aromatic rings. The number of carbonyl (C=O) groups is 1. The summed E-state index contributed by atoms with van der Waals surface area (Å²) < 4.78 is 40.8. The molecule has 1 heterocycles. The number of rotatable bonds is 4. The quantitative estimate of drug-likeness (QED) is 0.865. The van der Waals surface area contributed by atoms with Crippen molar-refractivity contribution in [3.05, 3.63) is 46.7 Å². The summed E-state index contributed by atoms with van der Waals surface area (Å²) in [5.74, 6) is -0.464. The van der Waals surface area contributed by atoms with Crippen molar-refractivity contribution in [2.24, 2.45) is 0 Å². The lowest BCUT2D eigenvalue weighted by molar-refractivity contribution is -0.274. The average Bonchev–Trinajstić information content (AvgIpc) is 2.93. The van der Waals surface area contributed by atoms with Gasteiger partial charge in [0.05, 0.1) is 11.7 Å². The molecule has 0 spiro atoms. The Morgan fingerprint density at radius 1 is 1.23 bits per heavy atom. The molecule has 2 N–H and O–H groups in total.